The van der Waals surface area contributed by atoms with Crippen LogP contribution in [0.25, 0.3) is 0 Å². The number of benzene rings is 1. The first-order chi connectivity index (χ1) is 9.58. The fourth-order valence-corrected chi connectivity index (χ4v) is 3.03. The highest BCUT2D eigenvalue weighted by Crippen LogP contribution is 2.40. The average molecular weight is 343 g/mol. The quantitative estimate of drug-likeness (QED) is 0.893. The Hall–Kier alpha value is -0.780. The van der Waals surface area contributed by atoms with Gasteiger partial charge >= 0.3 is 0 Å². The largest absolute Gasteiger partial charge is 0.486 e. The molecule has 1 heterocycles. The predicted octanol–water partition coefficient (Wildman–Crippen LogP) is 2.95. The van der Waals surface area contributed by atoms with Gasteiger partial charge in [0.15, 0.2) is 11.5 Å². The van der Waals surface area contributed by atoms with Gasteiger partial charge in [0, 0.05) is 18.6 Å². The van der Waals surface area contributed by atoms with Gasteiger partial charge in [0.2, 0.25) is 0 Å². The Balaban J connectivity index is 2.33. The van der Waals surface area contributed by atoms with Gasteiger partial charge < -0.3 is 15.2 Å². The number of fused-ring (bicyclic) bond motifs is 1. The van der Waals surface area contributed by atoms with Crippen LogP contribution in [0.3, 0.4) is 0 Å². The SMILES string of the molecule is CCC(C)N(C)C(CN)c1cc(Br)c2c(c1)OCCO2. The van der Waals surface area contributed by atoms with Gasteiger partial charge in [0.05, 0.1) is 4.47 Å². The molecule has 2 rings (SSSR count). The van der Waals surface area contributed by atoms with Gasteiger partial charge in [0.1, 0.15) is 13.2 Å². The minimum Gasteiger partial charge on any atom is -0.486 e. The van der Waals surface area contributed by atoms with Gasteiger partial charge in [-0.1, -0.05) is 6.92 Å². The third kappa shape index (κ3) is 3.10. The molecule has 1 aromatic rings. The van der Waals surface area contributed by atoms with E-state index in [1.165, 1.54) is 0 Å². The molecule has 2 N–H and O–H groups in total. The van der Waals surface area contributed by atoms with Crippen LogP contribution < -0.4 is 15.2 Å². The highest BCUT2D eigenvalue weighted by molar-refractivity contribution is 9.10. The minimum absolute atomic E-state index is 0.178. The number of rotatable bonds is 5. The zero-order valence-electron chi connectivity index (χ0n) is 12.4. The monoisotopic (exact) mass is 342 g/mol. The first-order valence-electron chi connectivity index (χ1n) is 7.09. The van der Waals surface area contributed by atoms with E-state index in [9.17, 15) is 0 Å². The molecule has 1 aromatic carbocycles. The number of halogens is 1. The van der Waals surface area contributed by atoms with Crippen LogP contribution in [-0.2, 0) is 0 Å². The van der Waals surface area contributed by atoms with Gasteiger partial charge in [-0.15, -0.1) is 0 Å². The summed E-state index contributed by atoms with van der Waals surface area (Å²) >= 11 is 3.57. The Kier molecular flexibility index (Phi) is 5.29. The Morgan fingerprint density at radius 2 is 2.05 bits per heavy atom. The van der Waals surface area contributed by atoms with Gasteiger partial charge in [-0.05, 0) is 54.0 Å². The molecule has 0 saturated heterocycles. The third-order valence-corrected chi connectivity index (χ3v) is 4.59. The number of nitrogens with two attached hydrogens (primary N) is 1. The van der Waals surface area contributed by atoms with Gasteiger partial charge in [-0.3, -0.25) is 4.90 Å². The predicted molar refractivity (Wildman–Crippen MR) is 84.4 cm³/mol. The van der Waals surface area contributed by atoms with Crippen molar-refractivity contribution < 1.29 is 9.47 Å². The highest BCUT2D eigenvalue weighted by Gasteiger charge is 2.23. The van der Waals surface area contributed by atoms with Crippen molar-refractivity contribution >= 4 is 15.9 Å². The molecular formula is C15H23BrN2O2. The molecule has 20 heavy (non-hydrogen) atoms. The summed E-state index contributed by atoms with van der Waals surface area (Å²) in [7, 11) is 2.12. The van der Waals surface area contributed by atoms with E-state index in [1.807, 2.05) is 0 Å². The van der Waals surface area contributed by atoms with E-state index < -0.39 is 0 Å². The lowest BCUT2D eigenvalue weighted by Gasteiger charge is -2.33. The van der Waals surface area contributed by atoms with Crippen molar-refractivity contribution in [2.45, 2.75) is 32.4 Å². The summed E-state index contributed by atoms with van der Waals surface area (Å²) in [6, 6.07) is 4.80. The number of hydrogen-bond donors (Lipinski definition) is 1. The Morgan fingerprint density at radius 3 is 2.70 bits per heavy atom. The maximum absolute atomic E-state index is 6.00. The summed E-state index contributed by atoms with van der Waals surface area (Å²) in [5, 5.41) is 0. The van der Waals surface area contributed by atoms with Crippen LogP contribution in [0, 0.1) is 0 Å². The van der Waals surface area contributed by atoms with E-state index >= 15 is 0 Å². The smallest absolute Gasteiger partial charge is 0.175 e. The van der Waals surface area contributed by atoms with Crippen molar-refractivity contribution in [1.82, 2.24) is 4.90 Å². The van der Waals surface area contributed by atoms with Gasteiger partial charge in [0.25, 0.3) is 0 Å². The van der Waals surface area contributed by atoms with Crippen LogP contribution in [-0.4, -0.2) is 37.7 Å². The van der Waals surface area contributed by atoms with E-state index in [1.54, 1.807) is 0 Å². The molecule has 0 aliphatic carbocycles. The van der Waals surface area contributed by atoms with Gasteiger partial charge in [-0.2, -0.15) is 0 Å². The number of nitrogens with zero attached hydrogens (tertiary/aromatic N) is 1. The fourth-order valence-electron chi connectivity index (χ4n) is 2.46. The summed E-state index contributed by atoms with van der Waals surface area (Å²) < 4.78 is 12.3. The first kappa shape index (κ1) is 15.6. The second kappa shape index (κ2) is 6.78. The zero-order chi connectivity index (χ0) is 14.7. The molecular weight excluding hydrogens is 320 g/mol. The summed E-state index contributed by atoms with van der Waals surface area (Å²) in [6.07, 6.45) is 1.10. The Labute approximate surface area is 129 Å². The highest BCUT2D eigenvalue weighted by atomic mass is 79.9. The van der Waals surface area contributed by atoms with Crippen molar-refractivity contribution in [3.63, 3.8) is 0 Å². The Bertz CT molecular complexity index is 467. The van der Waals surface area contributed by atoms with E-state index in [0.29, 0.717) is 25.8 Å². The second-order valence-electron chi connectivity index (χ2n) is 5.20. The zero-order valence-corrected chi connectivity index (χ0v) is 13.9. The van der Waals surface area contributed by atoms with Crippen LogP contribution in [0.1, 0.15) is 31.9 Å². The first-order valence-corrected chi connectivity index (χ1v) is 7.88. The van der Waals surface area contributed by atoms with Crippen molar-refractivity contribution in [1.29, 1.82) is 0 Å². The maximum atomic E-state index is 6.00. The molecule has 0 fully saturated rings. The number of ether oxygens (including phenoxy) is 2. The normalized spacial score (nSPS) is 17.1. The van der Waals surface area contributed by atoms with Crippen LogP contribution in [0.4, 0.5) is 0 Å². The molecule has 0 amide bonds. The van der Waals surface area contributed by atoms with Crippen LogP contribution in [0.5, 0.6) is 11.5 Å². The maximum Gasteiger partial charge on any atom is 0.175 e. The van der Waals surface area contributed by atoms with Crippen molar-refractivity contribution in [3.8, 4) is 11.5 Å². The third-order valence-electron chi connectivity index (χ3n) is 4.00. The van der Waals surface area contributed by atoms with E-state index in [0.717, 1.165) is 28.0 Å². The standard InChI is InChI=1S/C15H23BrN2O2/c1-4-10(2)18(3)13(9-17)11-7-12(16)15-14(8-11)19-5-6-20-15/h7-8,10,13H,4-6,9,17H2,1-3H3. The molecule has 2 atom stereocenters. The molecule has 1 aliphatic rings. The van der Waals surface area contributed by atoms with Crippen molar-refractivity contribution in [3.05, 3.63) is 22.2 Å². The number of likely N-dealkylation sites (N-methyl/N-ethyl adjacent to an activating group) is 1. The van der Waals surface area contributed by atoms with Gasteiger partial charge in [-0.25, -0.2) is 0 Å². The van der Waals surface area contributed by atoms with Crippen molar-refractivity contribution in [2.75, 3.05) is 26.8 Å². The fraction of sp³-hybridized carbons (Fsp3) is 0.600. The molecule has 1 aliphatic heterocycles. The van der Waals surface area contributed by atoms with E-state index in [2.05, 4.69) is 53.9 Å². The van der Waals surface area contributed by atoms with Crippen LogP contribution >= 0.6 is 15.9 Å². The molecule has 4 nitrogen and oxygen atoms in total. The second-order valence-corrected chi connectivity index (χ2v) is 6.06. The van der Waals surface area contributed by atoms with Crippen LogP contribution in [0.15, 0.2) is 16.6 Å². The molecule has 2 unspecified atom stereocenters. The van der Waals surface area contributed by atoms with Crippen molar-refractivity contribution in [2.24, 2.45) is 5.73 Å². The van der Waals surface area contributed by atoms with E-state index in [-0.39, 0.29) is 6.04 Å². The molecule has 0 aromatic heterocycles. The van der Waals surface area contributed by atoms with E-state index in [4.69, 9.17) is 15.2 Å². The minimum atomic E-state index is 0.178. The number of hydrogen-bond acceptors (Lipinski definition) is 4. The molecule has 0 saturated carbocycles. The lowest BCUT2D eigenvalue weighted by molar-refractivity contribution is 0.166. The summed E-state index contributed by atoms with van der Waals surface area (Å²) in [5.41, 5.74) is 7.15. The Morgan fingerprint density at radius 1 is 1.35 bits per heavy atom. The molecule has 0 spiro atoms. The molecule has 0 radical (unpaired) electrons. The lowest BCUT2D eigenvalue weighted by Crippen LogP contribution is -2.36. The molecule has 5 heteroatoms. The lowest BCUT2D eigenvalue weighted by atomic mass is 10.0. The molecule has 0 bridgehead atoms. The molecule has 112 valence electrons. The topological polar surface area (TPSA) is 47.7 Å². The summed E-state index contributed by atoms with van der Waals surface area (Å²) in [4.78, 5) is 2.32. The summed E-state index contributed by atoms with van der Waals surface area (Å²) in [6.45, 7) is 6.17. The van der Waals surface area contributed by atoms with Crippen LogP contribution in [0.2, 0.25) is 0 Å². The summed E-state index contributed by atoms with van der Waals surface area (Å²) in [5.74, 6) is 1.60. The average Bonchev–Trinajstić information content (AvgIpc) is 2.47.